The molecule has 0 bridgehead atoms. The van der Waals surface area contributed by atoms with Crippen LogP contribution in [0.5, 0.6) is 0 Å². The highest BCUT2D eigenvalue weighted by Crippen LogP contribution is 2.40. The minimum atomic E-state index is -3.04. The number of rotatable bonds is 5. The van der Waals surface area contributed by atoms with E-state index in [-0.39, 0.29) is 41.6 Å². The van der Waals surface area contributed by atoms with Crippen LogP contribution in [0.4, 0.5) is 33.9 Å². The summed E-state index contributed by atoms with van der Waals surface area (Å²) in [7, 11) is 0. The summed E-state index contributed by atoms with van der Waals surface area (Å²) in [6.45, 7) is 2.16. The molecular weight excluding hydrogens is 520 g/mol. The van der Waals surface area contributed by atoms with Gasteiger partial charge in [-0.25, -0.2) is 31.9 Å². The van der Waals surface area contributed by atoms with Crippen molar-refractivity contribution in [1.82, 2.24) is 29.7 Å². The molecule has 2 N–H and O–H groups in total. The number of nitrogens with zero attached hydrogens (tertiary/aromatic N) is 6. The predicted octanol–water partition coefficient (Wildman–Crippen LogP) is 4.95. The highest BCUT2D eigenvalue weighted by Gasteiger charge is 2.55. The van der Waals surface area contributed by atoms with Gasteiger partial charge in [0.15, 0.2) is 11.3 Å². The minimum absolute atomic E-state index is 0.0202. The molecule has 208 valence electrons. The van der Waals surface area contributed by atoms with Crippen molar-refractivity contribution in [2.24, 2.45) is 5.92 Å². The molecule has 2 saturated carbocycles. The third-order valence-electron chi connectivity index (χ3n) is 8.10. The first-order valence-corrected chi connectivity index (χ1v) is 13.1. The topological polar surface area (TPSA) is 109 Å². The lowest BCUT2D eigenvalue weighted by Crippen LogP contribution is -2.51. The number of hydrogen-bond acceptors (Lipinski definition) is 5. The van der Waals surface area contributed by atoms with E-state index in [1.54, 1.807) is 0 Å². The van der Waals surface area contributed by atoms with Crippen LogP contribution in [-0.4, -0.2) is 54.3 Å². The van der Waals surface area contributed by atoms with Crippen molar-refractivity contribution in [2.45, 2.75) is 82.3 Å². The summed E-state index contributed by atoms with van der Waals surface area (Å²) >= 11 is 0. The molecule has 0 spiro atoms. The number of amides is 3. The van der Waals surface area contributed by atoms with Crippen LogP contribution in [0, 0.1) is 5.92 Å². The molecule has 2 aliphatic carbocycles. The van der Waals surface area contributed by atoms with Crippen LogP contribution < -0.4 is 15.5 Å². The number of alkyl halides is 4. The van der Waals surface area contributed by atoms with Gasteiger partial charge in [0.25, 0.3) is 18.3 Å². The number of hydrogen-bond donors (Lipinski definition) is 2. The van der Waals surface area contributed by atoms with Crippen molar-refractivity contribution < 1.29 is 27.2 Å². The van der Waals surface area contributed by atoms with Gasteiger partial charge >= 0.3 is 6.03 Å². The van der Waals surface area contributed by atoms with Gasteiger partial charge in [-0.1, -0.05) is 6.92 Å². The fourth-order valence-corrected chi connectivity index (χ4v) is 5.96. The van der Waals surface area contributed by atoms with Crippen LogP contribution in [0.2, 0.25) is 0 Å². The average molecular weight is 549 g/mol. The molecule has 3 fully saturated rings. The SMILES string of the molecule is CC1CCC(n2cc(NC(=O)c3cnn4ccc(N5C(=O)N[C@@H]6[C@H]5CCCC6(F)F)nc34)c(C(F)F)n2)CC1. The molecule has 14 heteroatoms. The van der Waals surface area contributed by atoms with Gasteiger partial charge in [-0.15, -0.1) is 0 Å². The maximum absolute atomic E-state index is 14.4. The maximum atomic E-state index is 14.4. The number of halogens is 4. The van der Waals surface area contributed by atoms with Crippen LogP contribution in [0.25, 0.3) is 5.65 Å². The Labute approximate surface area is 220 Å². The number of fused-ring (bicyclic) bond motifs is 2. The van der Waals surface area contributed by atoms with E-state index >= 15 is 0 Å². The molecule has 10 nitrogen and oxygen atoms in total. The number of urea groups is 1. The summed E-state index contributed by atoms with van der Waals surface area (Å²) in [4.78, 5) is 31.5. The van der Waals surface area contributed by atoms with E-state index in [1.165, 1.54) is 38.8 Å². The Morgan fingerprint density at radius 3 is 2.72 bits per heavy atom. The summed E-state index contributed by atoms with van der Waals surface area (Å²) in [5.41, 5.74) is -0.599. The fraction of sp³-hybridized carbons (Fsp3) is 0.560. The van der Waals surface area contributed by atoms with Gasteiger partial charge in [0.05, 0.1) is 24.0 Å². The summed E-state index contributed by atoms with van der Waals surface area (Å²) < 4.78 is 59.3. The first-order chi connectivity index (χ1) is 18.6. The van der Waals surface area contributed by atoms with Crippen LogP contribution in [-0.2, 0) is 0 Å². The quantitative estimate of drug-likeness (QED) is 0.439. The van der Waals surface area contributed by atoms with Crippen molar-refractivity contribution in [3.05, 3.63) is 35.9 Å². The first kappa shape index (κ1) is 25.6. The van der Waals surface area contributed by atoms with Gasteiger partial charge < -0.3 is 10.6 Å². The van der Waals surface area contributed by atoms with E-state index in [9.17, 15) is 27.2 Å². The molecular formula is C25H28F4N8O2. The minimum Gasteiger partial charge on any atom is -0.327 e. The molecule has 3 amide bonds. The van der Waals surface area contributed by atoms with Gasteiger partial charge in [-0.2, -0.15) is 10.2 Å². The molecule has 39 heavy (non-hydrogen) atoms. The molecule has 3 aromatic heterocycles. The average Bonchev–Trinajstić information content (AvgIpc) is 3.59. The van der Waals surface area contributed by atoms with Gasteiger partial charge in [0.2, 0.25) is 0 Å². The summed E-state index contributed by atoms with van der Waals surface area (Å²) in [6.07, 6.45) is 5.13. The standard InChI is InChI=1S/C25H28F4N8O2/c1-13-4-6-14(7-5-13)36-12-16(19(34-36)21(26)27)31-23(38)15-11-30-35-10-8-18(32-22(15)35)37-17-3-2-9-25(28,29)20(17)33-24(37)39/h8,10-14,17,20-21H,2-7,9H2,1H3,(H,31,38)(H,33,39)/t13?,14?,17-,20-/m1/s1. The monoisotopic (exact) mass is 548 g/mol. The molecule has 1 saturated heterocycles. The Kier molecular flexibility index (Phi) is 6.22. The maximum Gasteiger partial charge on any atom is 0.323 e. The molecule has 3 aromatic rings. The Bertz CT molecular complexity index is 1410. The number of nitrogens with one attached hydrogen (secondary N) is 2. The second-order valence-electron chi connectivity index (χ2n) is 10.7. The molecule has 4 heterocycles. The second-order valence-corrected chi connectivity index (χ2v) is 10.7. The van der Waals surface area contributed by atoms with E-state index in [4.69, 9.17) is 0 Å². The van der Waals surface area contributed by atoms with E-state index in [0.717, 1.165) is 25.7 Å². The summed E-state index contributed by atoms with van der Waals surface area (Å²) in [6, 6.07) is -1.38. The number of carbonyl (C=O) groups excluding carboxylic acids is 2. The van der Waals surface area contributed by atoms with E-state index in [0.29, 0.717) is 12.3 Å². The van der Waals surface area contributed by atoms with Crippen LogP contribution in [0.1, 0.15) is 80.4 Å². The third-order valence-corrected chi connectivity index (χ3v) is 8.10. The number of anilines is 2. The van der Waals surface area contributed by atoms with E-state index in [1.807, 2.05) is 0 Å². The molecule has 1 aliphatic heterocycles. The zero-order chi connectivity index (χ0) is 27.5. The largest absolute Gasteiger partial charge is 0.327 e. The molecule has 2 atom stereocenters. The fourth-order valence-electron chi connectivity index (χ4n) is 5.96. The molecule has 0 aromatic carbocycles. The molecule has 6 rings (SSSR count). The summed E-state index contributed by atoms with van der Waals surface area (Å²) in [5, 5.41) is 13.1. The highest BCUT2D eigenvalue weighted by atomic mass is 19.3. The van der Waals surface area contributed by atoms with Crippen molar-refractivity contribution in [3.8, 4) is 0 Å². The molecule has 3 aliphatic rings. The van der Waals surface area contributed by atoms with Crippen molar-refractivity contribution in [2.75, 3.05) is 10.2 Å². The van der Waals surface area contributed by atoms with Gasteiger partial charge in [0.1, 0.15) is 17.4 Å². The lowest BCUT2D eigenvalue weighted by atomic mass is 9.87. The lowest BCUT2D eigenvalue weighted by Gasteiger charge is -2.34. The predicted molar refractivity (Wildman–Crippen MR) is 132 cm³/mol. The Morgan fingerprint density at radius 2 is 1.97 bits per heavy atom. The van der Waals surface area contributed by atoms with Gasteiger partial charge in [0, 0.05) is 18.8 Å². The van der Waals surface area contributed by atoms with Crippen LogP contribution in [0.3, 0.4) is 0 Å². The zero-order valence-corrected chi connectivity index (χ0v) is 21.2. The second kappa shape index (κ2) is 9.49. The van der Waals surface area contributed by atoms with Gasteiger partial charge in [-0.05, 0) is 50.5 Å². The van der Waals surface area contributed by atoms with E-state index < -0.39 is 42.1 Å². The molecule has 0 radical (unpaired) electrons. The normalized spacial score (nSPS) is 26.6. The van der Waals surface area contributed by atoms with Crippen LogP contribution in [0.15, 0.2) is 24.7 Å². The summed E-state index contributed by atoms with van der Waals surface area (Å²) in [5.74, 6) is -3.11. The lowest BCUT2D eigenvalue weighted by molar-refractivity contribution is -0.0595. The van der Waals surface area contributed by atoms with Crippen molar-refractivity contribution in [3.63, 3.8) is 0 Å². The highest BCUT2D eigenvalue weighted by molar-refractivity contribution is 6.08. The number of aromatic nitrogens is 5. The zero-order valence-electron chi connectivity index (χ0n) is 21.2. The smallest absolute Gasteiger partial charge is 0.323 e. The Hall–Kier alpha value is -3.71. The third kappa shape index (κ3) is 4.48. The van der Waals surface area contributed by atoms with Gasteiger partial charge in [-0.3, -0.25) is 14.4 Å². The Balaban J connectivity index is 1.28. The first-order valence-electron chi connectivity index (χ1n) is 13.1. The van der Waals surface area contributed by atoms with Crippen molar-refractivity contribution in [1.29, 1.82) is 0 Å². The number of carbonyl (C=O) groups is 2. The van der Waals surface area contributed by atoms with Crippen LogP contribution >= 0.6 is 0 Å². The molecule has 0 unspecified atom stereocenters. The Morgan fingerprint density at radius 1 is 1.21 bits per heavy atom. The van der Waals surface area contributed by atoms with Crippen molar-refractivity contribution >= 4 is 29.1 Å². The van der Waals surface area contributed by atoms with E-state index in [2.05, 4.69) is 32.7 Å².